The molecule has 3 aromatic heterocycles. The maximum absolute atomic E-state index is 12.9. The number of hydrogen-bond acceptors (Lipinski definition) is 6. The fraction of sp³-hybridized carbons (Fsp3) is 0.308. The van der Waals surface area contributed by atoms with Gasteiger partial charge in [0.05, 0.1) is 37.7 Å². The summed E-state index contributed by atoms with van der Waals surface area (Å²) in [5.41, 5.74) is 4.48. The standard InChI is InChI=1S/C26H28ClN5O3/c27-20-3-1-2-18(10-20)16-32-6-4-19(11-25(32)34)24-15-30-26-23(24)12-21(13-29-26)31-7-9-35-22(17-31)14-28-5-8-33/h1-4,6,10-13,15,22,28,33H,5,7-9,14,16-17H2,(H,29,30). The van der Waals surface area contributed by atoms with E-state index in [4.69, 9.17) is 21.4 Å². The number of benzene rings is 1. The molecule has 0 spiro atoms. The van der Waals surface area contributed by atoms with Gasteiger partial charge in [-0.25, -0.2) is 4.98 Å². The van der Waals surface area contributed by atoms with Crippen LogP contribution in [0.4, 0.5) is 5.69 Å². The van der Waals surface area contributed by atoms with Crippen LogP contribution in [0.3, 0.4) is 0 Å². The number of aliphatic hydroxyl groups excluding tert-OH is 1. The molecule has 8 nitrogen and oxygen atoms in total. The Bertz CT molecular complexity index is 1370. The van der Waals surface area contributed by atoms with Crippen LogP contribution in [0.5, 0.6) is 0 Å². The summed E-state index contributed by atoms with van der Waals surface area (Å²) in [6.07, 6.45) is 5.64. The normalized spacial score (nSPS) is 16.2. The first-order valence-electron chi connectivity index (χ1n) is 11.7. The molecule has 1 aliphatic rings. The Hall–Kier alpha value is -3.17. The molecule has 5 rings (SSSR count). The molecule has 182 valence electrons. The number of aromatic amines is 1. The predicted molar refractivity (Wildman–Crippen MR) is 138 cm³/mol. The third-order valence-electron chi connectivity index (χ3n) is 6.23. The highest BCUT2D eigenvalue weighted by atomic mass is 35.5. The van der Waals surface area contributed by atoms with Crippen molar-refractivity contribution < 1.29 is 9.84 Å². The minimum absolute atomic E-state index is 0.0452. The van der Waals surface area contributed by atoms with E-state index in [-0.39, 0.29) is 18.3 Å². The van der Waals surface area contributed by atoms with E-state index in [2.05, 4.69) is 26.3 Å². The van der Waals surface area contributed by atoms with Crippen molar-refractivity contribution in [3.63, 3.8) is 0 Å². The van der Waals surface area contributed by atoms with Gasteiger partial charge < -0.3 is 29.6 Å². The van der Waals surface area contributed by atoms with Crippen LogP contribution in [0.15, 0.2) is 65.8 Å². The van der Waals surface area contributed by atoms with Crippen molar-refractivity contribution in [2.45, 2.75) is 12.6 Å². The first-order valence-corrected chi connectivity index (χ1v) is 12.1. The molecule has 0 saturated carbocycles. The van der Waals surface area contributed by atoms with E-state index in [1.165, 1.54) is 0 Å². The van der Waals surface area contributed by atoms with Gasteiger partial charge in [0, 0.05) is 60.6 Å². The van der Waals surface area contributed by atoms with Gasteiger partial charge in [-0.15, -0.1) is 0 Å². The number of nitrogens with one attached hydrogen (secondary N) is 2. The predicted octanol–water partition coefficient (Wildman–Crippen LogP) is 2.88. The van der Waals surface area contributed by atoms with Gasteiger partial charge in [-0.2, -0.15) is 0 Å². The molecular weight excluding hydrogens is 466 g/mol. The van der Waals surface area contributed by atoms with Crippen LogP contribution in [-0.4, -0.2) is 65.1 Å². The zero-order chi connectivity index (χ0) is 24.2. The number of nitrogens with zero attached hydrogens (tertiary/aromatic N) is 3. The van der Waals surface area contributed by atoms with E-state index in [9.17, 15) is 4.79 Å². The number of ether oxygens (including phenoxy) is 1. The number of hydrogen-bond donors (Lipinski definition) is 3. The van der Waals surface area contributed by atoms with Crippen molar-refractivity contribution in [2.24, 2.45) is 0 Å². The molecule has 1 fully saturated rings. The molecule has 0 bridgehead atoms. The van der Waals surface area contributed by atoms with Crippen LogP contribution in [0, 0.1) is 0 Å². The summed E-state index contributed by atoms with van der Waals surface area (Å²) in [5.74, 6) is 0. The van der Waals surface area contributed by atoms with Gasteiger partial charge in [-0.3, -0.25) is 4.79 Å². The number of pyridine rings is 2. The molecule has 0 radical (unpaired) electrons. The lowest BCUT2D eigenvalue weighted by molar-refractivity contribution is 0.0404. The van der Waals surface area contributed by atoms with Gasteiger partial charge in [-0.1, -0.05) is 23.7 Å². The molecule has 1 saturated heterocycles. The quantitative estimate of drug-likeness (QED) is 0.327. The highest BCUT2D eigenvalue weighted by Crippen LogP contribution is 2.30. The fourth-order valence-corrected chi connectivity index (χ4v) is 4.67. The van der Waals surface area contributed by atoms with Gasteiger partial charge in [0.1, 0.15) is 5.65 Å². The Labute approximate surface area is 208 Å². The van der Waals surface area contributed by atoms with E-state index in [1.54, 1.807) is 10.6 Å². The van der Waals surface area contributed by atoms with Crippen LogP contribution >= 0.6 is 11.6 Å². The second kappa shape index (κ2) is 10.6. The van der Waals surface area contributed by atoms with Crippen LogP contribution in [0.25, 0.3) is 22.2 Å². The number of anilines is 1. The van der Waals surface area contributed by atoms with Crippen LogP contribution in [-0.2, 0) is 11.3 Å². The van der Waals surface area contributed by atoms with Crippen molar-refractivity contribution in [3.05, 3.63) is 82.0 Å². The van der Waals surface area contributed by atoms with Crippen molar-refractivity contribution in [2.75, 3.05) is 44.3 Å². The van der Waals surface area contributed by atoms with Gasteiger partial charge in [0.15, 0.2) is 0 Å². The average molecular weight is 494 g/mol. The third kappa shape index (κ3) is 5.41. The average Bonchev–Trinajstić information content (AvgIpc) is 3.29. The molecule has 1 aromatic carbocycles. The largest absolute Gasteiger partial charge is 0.395 e. The molecule has 1 unspecified atom stereocenters. The second-order valence-corrected chi connectivity index (χ2v) is 9.11. The second-order valence-electron chi connectivity index (χ2n) is 8.67. The van der Waals surface area contributed by atoms with E-state index in [1.807, 2.05) is 48.9 Å². The highest BCUT2D eigenvalue weighted by molar-refractivity contribution is 6.30. The van der Waals surface area contributed by atoms with Crippen molar-refractivity contribution in [1.29, 1.82) is 0 Å². The molecule has 4 heterocycles. The monoisotopic (exact) mass is 493 g/mol. The molecule has 35 heavy (non-hydrogen) atoms. The molecule has 3 N–H and O–H groups in total. The van der Waals surface area contributed by atoms with Crippen molar-refractivity contribution in [1.82, 2.24) is 19.9 Å². The van der Waals surface area contributed by atoms with Crippen LogP contribution in [0.2, 0.25) is 5.02 Å². The summed E-state index contributed by atoms with van der Waals surface area (Å²) < 4.78 is 7.53. The van der Waals surface area contributed by atoms with Crippen LogP contribution < -0.4 is 15.8 Å². The van der Waals surface area contributed by atoms with Gasteiger partial charge in [-0.05, 0) is 35.4 Å². The molecular formula is C26H28ClN5O3. The zero-order valence-electron chi connectivity index (χ0n) is 19.3. The summed E-state index contributed by atoms with van der Waals surface area (Å²) in [4.78, 5) is 23.0. The summed E-state index contributed by atoms with van der Waals surface area (Å²) >= 11 is 6.08. The van der Waals surface area contributed by atoms with E-state index in [0.717, 1.165) is 46.5 Å². The number of fused-ring (bicyclic) bond motifs is 1. The Kier molecular flexibility index (Phi) is 7.15. The van der Waals surface area contributed by atoms with Crippen LogP contribution in [0.1, 0.15) is 5.56 Å². The lowest BCUT2D eigenvalue weighted by Gasteiger charge is -2.34. The number of halogens is 1. The van der Waals surface area contributed by atoms with E-state index < -0.39 is 0 Å². The Morgan fingerprint density at radius 2 is 2.17 bits per heavy atom. The smallest absolute Gasteiger partial charge is 0.251 e. The number of morpholine rings is 1. The molecule has 0 aliphatic carbocycles. The first kappa shape index (κ1) is 23.6. The van der Waals surface area contributed by atoms with E-state index in [0.29, 0.717) is 31.3 Å². The Balaban J connectivity index is 1.38. The Morgan fingerprint density at radius 3 is 3.00 bits per heavy atom. The van der Waals surface area contributed by atoms with Gasteiger partial charge in [0.25, 0.3) is 5.56 Å². The lowest BCUT2D eigenvalue weighted by atomic mass is 10.1. The number of rotatable bonds is 8. The Morgan fingerprint density at radius 1 is 1.26 bits per heavy atom. The topological polar surface area (TPSA) is 95.4 Å². The summed E-state index contributed by atoms with van der Waals surface area (Å²) in [5, 5.41) is 13.8. The maximum Gasteiger partial charge on any atom is 0.251 e. The minimum Gasteiger partial charge on any atom is -0.395 e. The molecule has 4 aromatic rings. The minimum atomic E-state index is -0.0765. The molecule has 1 atom stereocenters. The number of aliphatic hydroxyl groups is 1. The summed E-state index contributed by atoms with van der Waals surface area (Å²) in [7, 11) is 0. The first-order chi connectivity index (χ1) is 17.1. The maximum atomic E-state index is 12.9. The fourth-order valence-electron chi connectivity index (χ4n) is 4.46. The lowest BCUT2D eigenvalue weighted by Crippen LogP contribution is -2.47. The highest BCUT2D eigenvalue weighted by Gasteiger charge is 2.21. The molecule has 0 amide bonds. The van der Waals surface area contributed by atoms with E-state index >= 15 is 0 Å². The molecule has 1 aliphatic heterocycles. The number of H-pyrrole nitrogens is 1. The third-order valence-corrected chi connectivity index (χ3v) is 6.47. The molecule has 9 heteroatoms. The SMILES string of the molecule is O=c1cc(-c2c[nH]c3ncc(N4CCOC(CNCCO)C4)cc23)ccn1Cc1cccc(Cl)c1. The summed E-state index contributed by atoms with van der Waals surface area (Å²) in [6, 6.07) is 13.3. The van der Waals surface area contributed by atoms with Gasteiger partial charge >= 0.3 is 0 Å². The number of aromatic nitrogens is 3. The zero-order valence-corrected chi connectivity index (χ0v) is 20.0. The van der Waals surface area contributed by atoms with Crippen molar-refractivity contribution >= 4 is 28.3 Å². The van der Waals surface area contributed by atoms with Gasteiger partial charge in [0.2, 0.25) is 0 Å². The van der Waals surface area contributed by atoms with Crippen molar-refractivity contribution in [3.8, 4) is 11.1 Å². The summed E-state index contributed by atoms with van der Waals surface area (Å²) in [6.45, 7) is 3.97.